The second kappa shape index (κ2) is 15.2. The zero-order valence-corrected chi connectivity index (χ0v) is 19.4. The number of rotatable bonds is 15. The van der Waals surface area contributed by atoms with Crippen LogP contribution in [-0.4, -0.2) is 81.2 Å². The molecule has 0 radical (unpaired) electrons. The summed E-state index contributed by atoms with van der Waals surface area (Å²) in [6, 6.07) is 12.6. The summed E-state index contributed by atoms with van der Waals surface area (Å²) in [4.78, 5) is 48.4. The number of carboxylic acids is 1. The quantitative estimate of drug-likeness (QED) is 0.164. The molecule has 0 aliphatic rings. The summed E-state index contributed by atoms with van der Waals surface area (Å²) < 4.78 is 0. The molecule has 0 unspecified atom stereocenters. The molecule has 0 fully saturated rings. The van der Waals surface area contributed by atoms with Crippen molar-refractivity contribution < 1.29 is 24.3 Å². The van der Waals surface area contributed by atoms with E-state index in [4.69, 9.17) is 10.8 Å². The van der Waals surface area contributed by atoms with Crippen LogP contribution in [0.1, 0.15) is 41.4 Å². The Labute approximate surface area is 203 Å². The lowest BCUT2D eigenvalue weighted by Gasteiger charge is -2.12. The molecule has 0 aromatic heterocycles. The Kier molecular flexibility index (Phi) is 11.9. The summed E-state index contributed by atoms with van der Waals surface area (Å²) in [5, 5.41) is 23.5. The molecule has 188 valence electrons. The Hall–Kier alpha value is -3.80. The van der Waals surface area contributed by atoms with Gasteiger partial charge in [0.05, 0.1) is 22.3 Å². The molecule has 0 spiro atoms. The van der Waals surface area contributed by atoms with Crippen LogP contribution < -0.4 is 32.3 Å². The fourth-order valence-corrected chi connectivity index (χ4v) is 3.18. The average Bonchev–Trinajstić information content (AvgIpc) is 2.87. The van der Waals surface area contributed by atoms with E-state index in [-0.39, 0.29) is 35.0 Å². The molecule has 0 heterocycles. The Morgan fingerprint density at radius 1 is 0.571 bits per heavy atom. The Morgan fingerprint density at radius 2 is 0.914 bits per heavy atom. The van der Waals surface area contributed by atoms with E-state index in [9.17, 15) is 19.2 Å². The van der Waals surface area contributed by atoms with Gasteiger partial charge in [-0.1, -0.05) is 24.3 Å². The first kappa shape index (κ1) is 27.4. The van der Waals surface area contributed by atoms with E-state index in [2.05, 4.69) is 26.6 Å². The van der Waals surface area contributed by atoms with Crippen LogP contribution >= 0.6 is 0 Å². The number of hydrogen-bond donors (Lipinski definition) is 7. The number of carboxylic acid groups (broad SMARTS) is 1. The molecule has 0 aliphatic heterocycles. The van der Waals surface area contributed by atoms with Crippen molar-refractivity contribution in [3.8, 4) is 0 Å². The smallest absolute Gasteiger partial charge is 0.336 e. The fraction of sp³-hybridized carbons (Fsp3) is 0.333. The largest absolute Gasteiger partial charge is 0.478 e. The maximum absolute atomic E-state index is 12.6. The third kappa shape index (κ3) is 9.16. The van der Waals surface area contributed by atoms with Gasteiger partial charge >= 0.3 is 5.97 Å². The summed E-state index contributed by atoms with van der Waals surface area (Å²) in [5.74, 6) is -2.33. The van der Waals surface area contributed by atoms with Gasteiger partial charge in [-0.05, 0) is 24.3 Å². The van der Waals surface area contributed by atoms with E-state index in [0.29, 0.717) is 51.4 Å². The minimum atomic E-state index is -1.16. The van der Waals surface area contributed by atoms with Crippen molar-refractivity contribution in [3.63, 3.8) is 0 Å². The van der Waals surface area contributed by atoms with E-state index >= 15 is 0 Å². The molecule has 2 aromatic rings. The summed E-state index contributed by atoms with van der Waals surface area (Å²) in [5.41, 5.74) is 6.02. The monoisotopic (exact) mass is 484 g/mol. The number of benzene rings is 2. The van der Waals surface area contributed by atoms with Gasteiger partial charge in [-0.2, -0.15) is 0 Å². The van der Waals surface area contributed by atoms with Gasteiger partial charge in [0.2, 0.25) is 0 Å². The van der Waals surface area contributed by atoms with E-state index in [0.717, 1.165) is 0 Å². The molecule has 0 bridgehead atoms. The molecule has 0 aliphatic carbocycles. The first-order valence-corrected chi connectivity index (χ1v) is 11.3. The fourth-order valence-electron chi connectivity index (χ4n) is 3.18. The van der Waals surface area contributed by atoms with Crippen LogP contribution in [0, 0.1) is 0 Å². The zero-order chi connectivity index (χ0) is 25.5. The molecule has 11 nitrogen and oxygen atoms in total. The minimum Gasteiger partial charge on any atom is -0.478 e. The maximum Gasteiger partial charge on any atom is 0.336 e. The molecule has 35 heavy (non-hydrogen) atoms. The molecule has 3 amide bonds. The van der Waals surface area contributed by atoms with E-state index in [1.807, 2.05) is 0 Å². The van der Waals surface area contributed by atoms with Crippen LogP contribution in [0.2, 0.25) is 0 Å². The summed E-state index contributed by atoms with van der Waals surface area (Å²) in [6.45, 7) is 3.63. The van der Waals surface area contributed by atoms with Gasteiger partial charge in [-0.25, -0.2) is 4.79 Å². The van der Waals surface area contributed by atoms with Crippen molar-refractivity contribution in [2.45, 2.75) is 0 Å². The Balaban J connectivity index is 1.70. The lowest BCUT2D eigenvalue weighted by molar-refractivity contribution is 0.0690. The van der Waals surface area contributed by atoms with Crippen LogP contribution in [-0.2, 0) is 0 Å². The van der Waals surface area contributed by atoms with Crippen molar-refractivity contribution >= 4 is 23.7 Å². The SMILES string of the molecule is NCCNCCNC(=O)c1ccccc1C(=O)NCCNCCNC(=O)c1ccccc1C(=O)O. The van der Waals surface area contributed by atoms with Crippen LogP contribution in [0.3, 0.4) is 0 Å². The van der Waals surface area contributed by atoms with Gasteiger partial charge in [-0.3, -0.25) is 14.4 Å². The van der Waals surface area contributed by atoms with Gasteiger partial charge in [0.25, 0.3) is 17.7 Å². The number of carbonyl (C=O) groups is 4. The number of hydrogen-bond acceptors (Lipinski definition) is 7. The zero-order valence-electron chi connectivity index (χ0n) is 19.4. The van der Waals surface area contributed by atoms with Crippen LogP contribution in [0.15, 0.2) is 48.5 Å². The molecular formula is C24H32N6O5. The highest BCUT2D eigenvalue weighted by Crippen LogP contribution is 2.09. The van der Waals surface area contributed by atoms with Crippen LogP contribution in [0.5, 0.6) is 0 Å². The molecule has 0 atom stereocenters. The van der Waals surface area contributed by atoms with Gasteiger partial charge in [-0.15, -0.1) is 0 Å². The first-order valence-electron chi connectivity index (χ1n) is 11.3. The van der Waals surface area contributed by atoms with Crippen LogP contribution in [0.25, 0.3) is 0 Å². The normalized spacial score (nSPS) is 10.4. The Morgan fingerprint density at radius 3 is 1.29 bits per heavy atom. The summed E-state index contributed by atoms with van der Waals surface area (Å²) in [7, 11) is 0. The van der Waals surface area contributed by atoms with Crippen molar-refractivity contribution in [3.05, 3.63) is 70.8 Å². The van der Waals surface area contributed by atoms with Gasteiger partial charge in [0.1, 0.15) is 0 Å². The molecule has 0 saturated carbocycles. The molecule has 8 N–H and O–H groups in total. The number of nitrogens with one attached hydrogen (secondary N) is 5. The molecule has 2 rings (SSSR count). The van der Waals surface area contributed by atoms with Crippen molar-refractivity contribution in [1.82, 2.24) is 26.6 Å². The second-order valence-electron chi connectivity index (χ2n) is 7.45. The lowest BCUT2D eigenvalue weighted by Crippen LogP contribution is -2.37. The maximum atomic E-state index is 12.6. The van der Waals surface area contributed by atoms with E-state index in [1.54, 1.807) is 36.4 Å². The average molecular weight is 485 g/mol. The molecular weight excluding hydrogens is 452 g/mol. The van der Waals surface area contributed by atoms with Gasteiger partial charge in [0.15, 0.2) is 0 Å². The summed E-state index contributed by atoms with van der Waals surface area (Å²) >= 11 is 0. The highest BCUT2D eigenvalue weighted by molar-refractivity contribution is 6.07. The molecule has 0 saturated heterocycles. The van der Waals surface area contributed by atoms with Gasteiger partial charge < -0.3 is 37.4 Å². The highest BCUT2D eigenvalue weighted by Gasteiger charge is 2.16. The van der Waals surface area contributed by atoms with E-state index in [1.165, 1.54) is 12.1 Å². The lowest BCUT2D eigenvalue weighted by atomic mass is 10.1. The number of carbonyl (C=O) groups excluding carboxylic acids is 3. The van der Waals surface area contributed by atoms with E-state index < -0.39 is 11.9 Å². The third-order valence-corrected chi connectivity index (χ3v) is 4.90. The predicted octanol–water partition coefficient (Wildman–Crippen LogP) is -0.588. The molecule has 11 heteroatoms. The molecule has 2 aromatic carbocycles. The summed E-state index contributed by atoms with van der Waals surface area (Å²) in [6.07, 6.45) is 0. The topological polar surface area (TPSA) is 175 Å². The van der Waals surface area contributed by atoms with Crippen molar-refractivity contribution in [2.75, 3.05) is 52.4 Å². The number of aromatic carboxylic acids is 1. The predicted molar refractivity (Wildman–Crippen MR) is 132 cm³/mol. The highest BCUT2D eigenvalue weighted by atomic mass is 16.4. The number of amides is 3. The third-order valence-electron chi connectivity index (χ3n) is 4.90. The first-order chi connectivity index (χ1) is 17.0. The van der Waals surface area contributed by atoms with Crippen molar-refractivity contribution in [1.29, 1.82) is 0 Å². The standard InChI is InChI=1S/C24H32N6O5/c25-9-10-26-11-14-28-21(31)17-5-1-2-6-18(17)22(32)29-15-12-27-13-16-30-23(33)19-7-3-4-8-20(19)24(34)35/h1-8,26-27H,9-16,25H2,(H,28,31)(H,29,32)(H,30,33)(H,34,35). The van der Waals surface area contributed by atoms with Crippen LogP contribution in [0.4, 0.5) is 0 Å². The number of nitrogens with two attached hydrogens (primary N) is 1. The Bertz CT molecular complexity index is 1010. The van der Waals surface area contributed by atoms with Gasteiger partial charge in [0, 0.05) is 52.4 Å². The van der Waals surface area contributed by atoms with Crippen molar-refractivity contribution in [2.24, 2.45) is 5.73 Å². The second-order valence-corrected chi connectivity index (χ2v) is 7.45. The minimum absolute atomic E-state index is 0.0575.